The number of nitro groups is 1. The van der Waals surface area contributed by atoms with Gasteiger partial charge in [-0.05, 0) is 37.1 Å². The van der Waals surface area contributed by atoms with Crippen LogP contribution in [0.25, 0.3) is 0 Å². The number of piperidine rings is 1. The van der Waals surface area contributed by atoms with Crippen molar-refractivity contribution in [2.45, 2.75) is 23.9 Å². The maximum Gasteiger partial charge on any atom is 0.416 e. The molecule has 12 heteroatoms. The molecule has 8 nitrogen and oxygen atoms in total. The summed E-state index contributed by atoms with van der Waals surface area (Å²) in [5.41, 5.74) is -1.53. The SMILES string of the molecule is CS(=O)(=O)c1ccccc1NC(=O)C1CCN(c2ccc(C(F)(F)F)cc2[N+](=O)[O-])CC1. The number of anilines is 2. The summed E-state index contributed by atoms with van der Waals surface area (Å²) in [5, 5.41) is 14.0. The number of hydrogen-bond acceptors (Lipinski definition) is 6. The van der Waals surface area contributed by atoms with Gasteiger partial charge in [-0.3, -0.25) is 14.9 Å². The molecular weight excluding hydrogens is 451 g/mol. The number of benzene rings is 2. The minimum Gasteiger partial charge on any atom is -0.366 e. The zero-order valence-corrected chi connectivity index (χ0v) is 17.7. The Hall–Kier alpha value is -3.15. The molecule has 2 aromatic rings. The van der Waals surface area contributed by atoms with Crippen LogP contribution < -0.4 is 10.2 Å². The van der Waals surface area contributed by atoms with E-state index in [0.717, 1.165) is 18.4 Å². The number of amides is 1. The molecule has 0 aromatic heterocycles. The molecule has 1 aliphatic rings. The lowest BCUT2D eigenvalue weighted by atomic mass is 9.95. The smallest absolute Gasteiger partial charge is 0.366 e. The molecule has 0 saturated carbocycles. The second-order valence-electron chi connectivity index (χ2n) is 7.48. The number of hydrogen-bond donors (Lipinski definition) is 1. The van der Waals surface area contributed by atoms with E-state index in [-0.39, 0.29) is 35.3 Å². The summed E-state index contributed by atoms with van der Waals surface area (Å²) in [6, 6.07) is 8.38. The van der Waals surface area contributed by atoms with Crippen molar-refractivity contribution in [3.8, 4) is 0 Å². The highest BCUT2D eigenvalue weighted by atomic mass is 32.2. The first-order chi connectivity index (χ1) is 14.9. The van der Waals surface area contributed by atoms with Gasteiger partial charge in [0.05, 0.1) is 21.1 Å². The number of nitrogens with zero attached hydrogens (tertiary/aromatic N) is 2. The minimum atomic E-state index is -4.70. The van der Waals surface area contributed by atoms with E-state index < -0.39 is 38.1 Å². The molecule has 3 rings (SSSR count). The normalized spacial score (nSPS) is 15.4. The van der Waals surface area contributed by atoms with Crippen LogP contribution in [0.15, 0.2) is 47.4 Å². The van der Waals surface area contributed by atoms with E-state index in [1.54, 1.807) is 17.0 Å². The van der Waals surface area contributed by atoms with Gasteiger partial charge in [-0.25, -0.2) is 8.42 Å². The summed E-state index contributed by atoms with van der Waals surface area (Å²) in [7, 11) is -3.55. The first-order valence-electron chi connectivity index (χ1n) is 9.58. The number of nitrogens with one attached hydrogen (secondary N) is 1. The molecule has 1 amide bonds. The fraction of sp³-hybridized carbons (Fsp3) is 0.350. The third-order valence-corrected chi connectivity index (χ3v) is 6.41. The van der Waals surface area contributed by atoms with Gasteiger partial charge in [-0.15, -0.1) is 0 Å². The molecule has 0 unspecified atom stereocenters. The Morgan fingerprint density at radius 3 is 2.34 bits per heavy atom. The number of nitro benzene ring substituents is 1. The highest BCUT2D eigenvalue weighted by molar-refractivity contribution is 7.90. The summed E-state index contributed by atoms with van der Waals surface area (Å²) in [6.45, 7) is 0.441. The molecule has 172 valence electrons. The molecule has 0 atom stereocenters. The number of carbonyl (C=O) groups excluding carboxylic acids is 1. The van der Waals surface area contributed by atoms with Gasteiger partial charge in [0.1, 0.15) is 5.69 Å². The van der Waals surface area contributed by atoms with E-state index in [1.165, 1.54) is 12.1 Å². The van der Waals surface area contributed by atoms with Crippen molar-refractivity contribution in [2.75, 3.05) is 29.6 Å². The molecule has 32 heavy (non-hydrogen) atoms. The lowest BCUT2D eigenvalue weighted by molar-refractivity contribution is -0.384. The van der Waals surface area contributed by atoms with Crippen LogP contribution in [0.5, 0.6) is 0 Å². The van der Waals surface area contributed by atoms with Crippen molar-refractivity contribution in [2.24, 2.45) is 5.92 Å². The molecule has 0 bridgehead atoms. The monoisotopic (exact) mass is 471 g/mol. The molecule has 1 saturated heterocycles. The molecule has 1 N–H and O–H groups in total. The van der Waals surface area contributed by atoms with Crippen molar-refractivity contribution >= 4 is 32.8 Å². The van der Waals surface area contributed by atoms with Crippen LogP contribution >= 0.6 is 0 Å². The summed E-state index contributed by atoms with van der Waals surface area (Å²) in [5.74, 6) is -0.866. The summed E-state index contributed by atoms with van der Waals surface area (Å²) in [6.07, 6.45) is -3.07. The zero-order chi connectivity index (χ0) is 23.7. The quantitative estimate of drug-likeness (QED) is 0.524. The van der Waals surface area contributed by atoms with Crippen LogP contribution in [0.4, 0.5) is 30.2 Å². The van der Waals surface area contributed by atoms with E-state index in [0.29, 0.717) is 18.9 Å². The lowest BCUT2D eigenvalue weighted by Crippen LogP contribution is -2.38. The molecule has 2 aromatic carbocycles. The third kappa shape index (κ3) is 5.18. The Morgan fingerprint density at radius 1 is 1.16 bits per heavy atom. The summed E-state index contributed by atoms with van der Waals surface area (Å²) >= 11 is 0. The largest absolute Gasteiger partial charge is 0.416 e. The van der Waals surface area contributed by atoms with Crippen LogP contribution in [0.3, 0.4) is 0 Å². The second kappa shape index (κ2) is 8.77. The first-order valence-corrected chi connectivity index (χ1v) is 11.5. The molecule has 1 fully saturated rings. The number of rotatable bonds is 5. The third-order valence-electron chi connectivity index (χ3n) is 5.25. The van der Waals surface area contributed by atoms with Gasteiger partial charge < -0.3 is 10.2 Å². The van der Waals surface area contributed by atoms with Gasteiger partial charge in [0, 0.05) is 31.3 Å². The Kier molecular flexibility index (Phi) is 6.44. The Labute approximate surface area is 182 Å². The van der Waals surface area contributed by atoms with E-state index >= 15 is 0 Å². The second-order valence-corrected chi connectivity index (χ2v) is 9.46. The zero-order valence-electron chi connectivity index (χ0n) is 16.9. The van der Waals surface area contributed by atoms with Crippen LogP contribution in [0.2, 0.25) is 0 Å². The van der Waals surface area contributed by atoms with Crippen LogP contribution in [0.1, 0.15) is 18.4 Å². The average molecular weight is 471 g/mol. The fourth-order valence-corrected chi connectivity index (χ4v) is 4.47. The van der Waals surface area contributed by atoms with E-state index in [9.17, 15) is 36.5 Å². The van der Waals surface area contributed by atoms with Crippen LogP contribution in [0, 0.1) is 16.0 Å². The van der Waals surface area contributed by atoms with Crippen LogP contribution in [-0.4, -0.2) is 38.6 Å². The van der Waals surface area contributed by atoms with Crippen molar-refractivity contribution < 1.29 is 31.3 Å². The standard InChI is InChI=1S/C20H20F3N3O5S/c1-32(30,31)18-5-3-2-4-15(18)24-19(27)13-8-10-25(11-9-13)16-7-6-14(20(21,22)23)12-17(16)26(28)29/h2-7,12-13H,8-11H2,1H3,(H,24,27). The molecule has 1 aliphatic heterocycles. The van der Waals surface area contributed by atoms with Gasteiger partial charge >= 0.3 is 6.18 Å². The van der Waals surface area contributed by atoms with Crippen molar-refractivity contribution in [1.29, 1.82) is 0 Å². The van der Waals surface area contributed by atoms with Crippen molar-refractivity contribution in [1.82, 2.24) is 0 Å². The van der Waals surface area contributed by atoms with Gasteiger partial charge in [-0.1, -0.05) is 12.1 Å². The highest BCUT2D eigenvalue weighted by Gasteiger charge is 2.35. The molecule has 0 spiro atoms. The van der Waals surface area contributed by atoms with E-state index in [2.05, 4.69) is 5.32 Å². The van der Waals surface area contributed by atoms with E-state index in [4.69, 9.17) is 0 Å². The predicted molar refractivity (Wildman–Crippen MR) is 111 cm³/mol. The molecule has 1 heterocycles. The number of halogens is 3. The number of alkyl halides is 3. The average Bonchev–Trinajstić information content (AvgIpc) is 2.72. The van der Waals surface area contributed by atoms with Gasteiger partial charge in [0.15, 0.2) is 9.84 Å². The topological polar surface area (TPSA) is 110 Å². The molecule has 0 radical (unpaired) electrons. The van der Waals surface area contributed by atoms with Crippen molar-refractivity contribution in [3.05, 3.63) is 58.1 Å². The van der Waals surface area contributed by atoms with Gasteiger partial charge in [-0.2, -0.15) is 13.2 Å². The predicted octanol–water partition coefficient (Wildman–Crippen LogP) is 3.87. The number of para-hydroxylation sites is 1. The van der Waals surface area contributed by atoms with Crippen LogP contribution in [-0.2, 0) is 20.8 Å². The summed E-state index contributed by atoms with van der Waals surface area (Å²) in [4.78, 5) is 24.7. The summed E-state index contributed by atoms with van der Waals surface area (Å²) < 4.78 is 62.5. The molecular formula is C20H20F3N3O5S. The lowest BCUT2D eigenvalue weighted by Gasteiger charge is -2.32. The minimum absolute atomic E-state index is 0.00818. The van der Waals surface area contributed by atoms with E-state index in [1.807, 2.05) is 0 Å². The van der Waals surface area contributed by atoms with Gasteiger partial charge in [0.2, 0.25) is 5.91 Å². The number of carbonyl (C=O) groups is 1. The maximum absolute atomic E-state index is 12.9. The Bertz CT molecular complexity index is 1140. The Balaban J connectivity index is 1.72. The highest BCUT2D eigenvalue weighted by Crippen LogP contribution is 2.37. The first kappa shape index (κ1) is 23.5. The fourth-order valence-electron chi connectivity index (χ4n) is 3.62. The maximum atomic E-state index is 12.9. The van der Waals surface area contributed by atoms with Crippen molar-refractivity contribution in [3.63, 3.8) is 0 Å². The van der Waals surface area contributed by atoms with Gasteiger partial charge in [0.25, 0.3) is 5.69 Å². The molecule has 0 aliphatic carbocycles. The Morgan fingerprint density at radius 2 is 1.78 bits per heavy atom. The number of sulfone groups is 1.